The number of terminal acetylenes is 1. The third kappa shape index (κ3) is 3.69. The molecule has 1 aromatic carbocycles. The predicted molar refractivity (Wildman–Crippen MR) is 63.9 cm³/mol. The molecule has 1 rings (SSSR count). The number of rotatable bonds is 3. The first kappa shape index (κ1) is 11.7. The highest BCUT2D eigenvalue weighted by Crippen LogP contribution is 2.08. The molecule has 0 saturated carbocycles. The Morgan fingerprint density at radius 3 is 2.60 bits per heavy atom. The first-order chi connectivity index (χ1) is 7.13. The smallest absolute Gasteiger partial charge is 0.227 e. The van der Waals surface area contributed by atoms with Crippen molar-refractivity contribution in [2.24, 2.45) is 0 Å². The van der Waals surface area contributed by atoms with Crippen molar-refractivity contribution >= 4 is 18.5 Å². The van der Waals surface area contributed by atoms with Crippen LogP contribution in [0.1, 0.15) is 5.56 Å². The molecule has 3 heteroatoms. The number of benzene rings is 1. The first-order valence-electron chi connectivity index (χ1n) is 4.59. The zero-order valence-corrected chi connectivity index (χ0v) is 9.50. The van der Waals surface area contributed by atoms with Gasteiger partial charge in [-0.2, -0.15) is 0 Å². The Hall–Kier alpha value is -1.40. The fourth-order valence-electron chi connectivity index (χ4n) is 1.15. The lowest BCUT2D eigenvalue weighted by molar-refractivity contribution is -0.128. The van der Waals surface area contributed by atoms with Crippen LogP contribution in [-0.2, 0) is 11.2 Å². The van der Waals surface area contributed by atoms with Crippen LogP contribution in [0.15, 0.2) is 29.2 Å². The number of hydrogen-bond acceptors (Lipinski definition) is 2. The number of nitrogens with zero attached hydrogens (tertiary/aromatic N) is 1. The fourth-order valence-corrected chi connectivity index (χ4v) is 1.30. The second-order valence-electron chi connectivity index (χ2n) is 3.30. The van der Waals surface area contributed by atoms with Crippen molar-refractivity contribution in [2.75, 3.05) is 13.6 Å². The average molecular weight is 219 g/mol. The molecule has 0 aliphatic heterocycles. The Balaban J connectivity index is 2.59. The zero-order valence-electron chi connectivity index (χ0n) is 8.60. The van der Waals surface area contributed by atoms with Gasteiger partial charge in [0.15, 0.2) is 0 Å². The van der Waals surface area contributed by atoms with Gasteiger partial charge in [-0.15, -0.1) is 19.1 Å². The fraction of sp³-hybridized carbons (Fsp3) is 0.250. The minimum Gasteiger partial charge on any atom is -0.334 e. The van der Waals surface area contributed by atoms with Gasteiger partial charge in [0.25, 0.3) is 0 Å². The third-order valence-electron chi connectivity index (χ3n) is 2.05. The van der Waals surface area contributed by atoms with Crippen molar-refractivity contribution < 1.29 is 4.79 Å². The Bertz CT molecular complexity index is 378. The van der Waals surface area contributed by atoms with Crippen LogP contribution >= 0.6 is 12.6 Å². The van der Waals surface area contributed by atoms with Gasteiger partial charge >= 0.3 is 0 Å². The van der Waals surface area contributed by atoms with Gasteiger partial charge in [0.2, 0.25) is 5.91 Å². The summed E-state index contributed by atoms with van der Waals surface area (Å²) in [5, 5.41) is 0. The standard InChI is InChI=1S/C12H13NOS/c1-3-8-13(2)12(14)9-10-4-6-11(15)7-5-10/h1,4-7,15H,8-9H2,2H3. The summed E-state index contributed by atoms with van der Waals surface area (Å²) >= 11 is 4.17. The third-order valence-corrected chi connectivity index (χ3v) is 2.34. The topological polar surface area (TPSA) is 20.3 Å². The van der Waals surface area contributed by atoms with E-state index < -0.39 is 0 Å². The van der Waals surface area contributed by atoms with Crippen molar-refractivity contribution in [3.8, 4) is 12.3 Å². The molecule has 15 heavy (non-hydrogen) atoms. The number of carbonyl (C=O) groups is 1. The largest absolute Gasteiger partial charge is 0.334 e. The lowest BCUT2D eigenvalue weighted by atomic mass is 10.1. The molecule has 0 saturated heterocycles. The van der Waals surface area contributed by atoms with Crippen LogP contribution < -0.4 is 0 Å². The summed E-state index contributed by atoms with van der Waals surface area (Å²) in [6, 6.07) is 7.52. The van der Waals surface area contributed by atoms with Crippen molar-refractivity contribution in [1.82, 2.24) is 4.90 Å². The molecule has 0 aliphatic carbocycles. The lowest BCUT2D eigenvalue weighted by Crippen LogP contribution is -2.28. The molecule has 0 bridgehead atoms. The molecule has 1 aromatic rings. The molecular formula is C12H13NOS. The van der Waals surface area contributed by atoms with Gasteiger partial charge in [-0.3, -0.25) is 4.79 Å². The van der Waals surface area contributed by atoms with Gasteiger partial charge in [0.05, 0.1) is 13.0 Å². The van der Waals surface area contributed by atoms with E-state index in [-0.39, 0.29) is 5.91 Å². The normalized spacial score (nSPS) is 9.40. The highest BCUT2D eigenvalue weighted by molar-refractivity contribution is 7.80. The SMILES string of the molecule is C#CCN(C)C(=O)Cc1ccc(S)cc1. The molecule has 0 radical (unpaired) electrons. The molecule has 0 unspecified atom stereocenters. The second kappa shape index (κ2) is 5.47. The number of carbonyl (C=O) groups excluding carboxylic acids is 1. The highest BCUT2D eigenvalue weighted by atomic mass is 32.1. The summed E-state index contributed by atoms with van der Waals surface area (Å²) in [5.41, 5.74) is 0.974. The van der Waals surface area contributed by atoms with E-state index in [1.807, 2.05) is 24.3 Å². The summed E-state index contributed by atoms with van der Waals surface area (Å²) in [5.74, 6) is 2.46. The molecule has 1 amide bonds. The molecule has 78 valence electrons. The molecule has 0 aromatic heterocycles. The Morgan fingerprint density at radius 1 is 1.47 bits per heavy atom. The molecule has 0 fully saturated rings. The monoisotopic (exact) mass is 219 g/mol. The van der Waals surface area contributed by atoms with Crippen molar-refractivity contribution in [3.63, 3.8) is 0 Å². The van der Waals surface area contributed by atoms with Gasteiger partial charge in [0.1, 0.15) is 0 Å². The van der Waals surface area contributed by atoms with Gasteiger partial charge in [-0.25, -0.2) is 0 Å². The van der Waals surface area contributed by atoms with E-state index in [2.05, 4.69) is 18.5 Å². The van der Waals surface area contributed by atoms with Crippen LogP contribution in [0.3, 0.4) is 0 Å². The number of thiol groups is 1. The van der Waals surface area contributed by atoms with E-state index in [0.717, 1.165) is 10.5 Å². The summed E-state index contributed by atoms with van der Waals surface area (Å²) in [7, 11) is 1.70. The highest BCUT2D eigenvalue weighted by Gasteiger charge is 2.07. The quantitative estimate of drug-likeness (QED) is 0.605. The maximum absolute atomic E-state index is 11.6. The van der Waals surface area contributed by atoms with Gasteiger partial charge in [-0.1, -0.05) is 18.1 Å². The van der Waals surface area contributed by atoms with Crippen LogP contribution in [-0.4, -0.2) is 24.4 Å². The van der Waals surface area contributed by atoms with Gasteiger partial charge in [0, 0.05) is 11.9 Å². The molecule has 0 N–H and O–H groups in total. The van der Waals surface area contributed by atoms with Crippen LogP contribution in [0.5, 0.6) is 0 Å². The summed E-state index contributed by atoms with van der Waals surface area (Å²) in [6.07, 6.45) is 5.51. The van der Waals surface area contributed by atoms with E-state index in [0.29, 0.717) is 13.0 Å². The molecule has 2 nitrogen and oxygen atoms in total. The molecule has 0 atom stereocenters. The number of hydrogen-bond donors (Lipinski definition) is 1. The maximum Gasteiger partial charge on any atom is 0.227 e. The van der Waals surface area contributed by atoms with Crippen molar-refractivity contribution in [1.29, 1.82) is 0 Å². The van der Waals surface area contributed by atoms with Crippen molar-refractivity contribution in [3.05, 3.63) is 29.8 Å². The number of amides is 1. The minimum absolute atomic E-state index is 0.0277. The van der Waals surface area contributed by atoms with E-state index >= 15 is 0 Å². The maximum atomic E-state index is 11.6. The van der Waals surface area contributed by atoms with Crippen LogP contribution in [0, 0.1) is 12.3 Å². The summed E-state index contributed by atoms with van der Waals surface area (Å²) in [6.45, 7) is 0.351. The van der Waals surface area contributed by atoms with E-state index in [1.165, 1.54) is 4.90 Å². The van der Waals surface area contributed by atoms with Crippen LogP contribution in [0.4, 0.5) is 0 Å². The Morgan fingerprint density at radius 2 is 2.07 bits per heavy atom. The minimum atomic E-state index is 0.0277. The van der Waals surface area contributed by atoms with Gasteiger partial charge in [-0.05, 0) is 17.7 Å². The van der Waals surface area contributed by atoms with Crippen LogP contribution in [0.25, 0.3) is 0 Å². The van der Waals surface area contributed by atoms with E-state index in [1.54, 1.807) is 7.05 Å². The molecule has 0 aliphatic rings. The lowest BCUT2D eigenvalue weighted by Gasteiger charge is -2.13. The summed E-state index contributed by atoms with van der Waals surface area (Å²) in [4.78, 5) is 14.0. The number of likely N-dealkylation sites (N-methyl/N-ethyl adjacent to an activating group) is 1. The average Bonchev–Trinajstić information content (AvgIpc) is 2.22. The molecular weight excluding hydrogens is 206 g/mol. The van der Waals surface area contributed by atoms with Crippen molar-refractivity contribution in [2.45, 2.75) is 11.3 Å². The second-order valence-corrected chi connectivity index (χ2v) is 3.81. The van der Waals surface area contributed by atoms with E-state index in [9.17, 15) is 4.79 Å². The summed E-state index contributed by atoms with van der Waals surface area (Å²) < 4.78 is 0. The molecule has 0 spiro atoms. The first-order valence-corrected chi connectivity index (χ1v) is 5.03. The van der Waals surface area contributed by atoms with E-state index in [4.69, 9.17) is 6.42 Å². The Kier molecular flexibility index (Phi) is 4.26. The molecule has 0 heterocycles. The predicted octanol–water partition coefficient (Wildman–Crippen LogP) is 1.61. The zero-order chi connectivity index (χ0) is 11.3. The van der Waals surface area contributed by atoms with Gasteiger partial charge < -0.3 is 4.90 Å². The Labute approximate surface area is 95.7 Å². The van der Waals surface area contributed by atoms with Crippen LogP contribution in [0.2, 0.25) is 0 Å².